The highest BCUT2D eigenvalue weighted by Gasteiger charge is 2.01. The second-order valence-electron chi connectivity index (χ2n) is 4.80. The van der Waals surface area contributed by atoms with Crippen LogP contribution in [0.2, 0.25) is 0 Å². The number of hydrogen-bond donors (Lipinski definition) is 1. The molecule has 0 aliphatic heterocycles. The molecule has 1 N–H and O–H groups in total. The van der Waals surface area contributed by atoms with Gasteiger partial charge in [-0.2, -0.15) is 11.8 Å². The molecule has 1 aromatic rings. The van der Waals surface area contributed by atoms with Crippen molar-refractivity contribution in [3.63, 3.8) is 0 Å². The number of thioether (sulfide) groups is 1. The highest BCUT2D eigenvalue weighted by molar-refractivity contribution is 7.98. The average molecular weight is 282 g/mol. The molecule has 0 spiro atoms. The lowest BCUT2D eigenvalue weighted by atomic mass is 10.1. The van der Waals surface area contributed by atoms with Crippen molar-refractivity contribution in [1.82, 2.24) is 0 Å². The Hall–Kier alpha value is -1.29. The number of aliphatic carboxylic acids is 1. The number of carboxylic acids is 1. The second kappa shape index (κ2) is 8.00. The molecule has 0 saturated heterocycles. The predicted octanol–water partition coefficient (Wildman–Crippen LogP) is 4.20. The molecule has 0 radical (unpaired) electrons. The van der Waals surface area contributed by atoms with E-state index in [9.17, 15) is 9.18 Å². The van der Waals surface area contributed by atoms with Crippen molar-refractivity contribution in [2.24, 2.45) is 5.92 Å². The van der Waals surface area contributed by atoms with E-state index in [1.807, 2.05) is 6.07 Å². The van der Waals surface area contributed by atoms with E-state index in [2.05, 4.69) is 13.8 Å². The molecule has 0 fully saturated rings. The highest BCUT2D eigenvalue weighted by atomic mass is 32.2. The summed E-state index contributed by atoms with van der Waals surface area (Å²) in [5, 5.41) is 8.55. The maximum Gasteiger partial charge on any atom is 0.328 e. The molecule has 4 heteroatoms. The number of carboxylic acid groups (broad SMARTS) is 1. The van der Waals surface area contributed by atoms with Gasteiger partial charge in [0.05, 0.1) is 0 Å². The molecule has 0 heterocycles. The maximum atomic E-state index is 13.4. The molecule has 2 nitrogen and oxygen atoms in total. The van der Waals surface area contributed by atoms with Crippen molar-refractivity contribution in [1.29, 1.82) is 0 Å². The second-order valence-corrected chi connectivity index (χ2v) is 5.90. The topological polar surface area (TPSA) is 37.3 Å². The summed E-state index contributed by atoms with van der Waals surface area (Å²) in [6, 6.07) is 4.66. The Morgan fingerprint density at radius 3 is 2.79 bits per heavy atom. The van der Waals surface area contributed by atoms with Gasteiger partial charge < -0.3 is 5.11 Å². The van der Waals surface area contributed by atoms with Crippen LogP contribution in [0.15, 0.2) is 24.3 Å². The first kappa shape index (κ1) is 15.8. The van der Waals surface area contributed by atoms with Gasteiger partial charge in [0, 0.05) is 11.8 Å². The summed E-state index contributed by atoms with van der Waals surface area (Å²) in [7, 11) is 0. The minimum atomic E-state index is -1.03. The smallest absolute Gasteiger partial charge is 0.328 e. The number of hydrogen-bond acceptors (Lipinski definition) is 2. The Labute approximate surface area is 117 Å². The van der Waals surface area contributed by atoms with Crippen LogP contribution in [0.1, 0.15) is 31.4 Å². The fourth-order valence-corrected chi connectivity index (χ4v) is 2.72. The van der Waals surface area contributed by atoms with Crippen molar-refractivity contribution in [2.45, 2.75) is 26.0 Å². The van der Waals surface area contributed by atoms with E-state index >= 15 is 0 Å². The fourth-order valence-electron chi connectivity index (χ4n) is 1.53. The van der Waals surface area contributed by atoms with Crippen molar-refractivity contribution < 1.29 is 14.3 Å². The van der Waals surface area contributed by atoms with Crippen LogP contribution in [0.3, 0.4) is 0 Å². The normalized spacial score (nSPS) is 11.4. The molecule has 1 rings (SSSR count). The molecule has 1 aromatic carbocycles. The van der Waals surface area contributed by atoms with Crippen LogP contribution < -0.4 is 0 Å². The predicted molar refractivity (Wildman–Crippen MR) is 78.7 cm³/mol. The molecule has 0 unspecified atom stereocenters. The number of rotatable bonds is 7. The first-order valence-corrected chi connectivity index (χ1v) is 7.41. The highest BCUT2D eigenvalue weighted by Crippen LogP contribution is 2.18. The summed E-state index contributed by atoms with van der Waals surface area (Å²) >= 11 is 1.77. The van der Waals surface area contributed by atoms with E-state index in [1.54, 1.807) is 11.8 Å². The molecule has 0 saturated carbocycles. The molecular formula is C15H19FO2S. The van der Waals surface area contributed by atoms with Crippen molar-refractivity contribution in [3.05, 3.63) is 41.2 Å². The van der Waals surface area contributed by atoms with Gasteiger partial charge in [-0.1, -0.05) is 19.9 Å². The largest absolute Gasteiger partial charge is 0.478 e. The van der Waals surface area contributed by atoms with Crippen molar-refractivity contribution in [2.75, 3.05) is 5.75 Å². The molecule has 0 aliphatic rings. The van der Waals surface area contributed by atoms with E-state index in [0.717, 1.165) is 29.6 Å². The quantitative estimate of drug-likeness (QED) is 0.601. The lowest BCUT2D eigenvalue weighted by Gasteiger charge is -2.06. The molecule has 0 aliphatic carbocycles. The summed E-state index contributed by atoms with van der Waals surface area (Å²) in [4.78, 5) is 10.4. The minimum Gasteiger partial charge on any atom is -0.478 e. The maximum absolute atomic E-state index is 13.4. The molecular weight excluding hydrogens is 263 g/mol. The Morgan fingerprint density at radius 2 is 2.16 bits per heavy atom. The summed E-state index contributed by atoms with van der Waals surface area (Å²) in [5.41, 5.74) is 1.47. The van der Waals surface area contributed by atoms with Gasteiger partial charge in [0.2, 0.25) is 0 Å². The standard InChI is InChI=1S/C15H19FO2S/c1-11(2)5-6-19-10-13-7-12(3-4-15(17)18)8-14(16)9-13/h3-4,7-9,11H,5-6,10H2,1-2H3,(H,17,18)/b4-3+. The van der Waals surface area contributed by atoms with Gasteiger partial charge in [-0.3, -0.25) is 0 Å². The van der Waals surface area contributed by atoms with Crippen LogP contribution in [-0.2, 0) is 10.5 Å². The van der Waals surface area contributed by atoms with Crippen LogP contribution in [0, 0.1) is 11.7 Å². The molecule has 0 atom stereocenters. The summed E-state index contributed by atoms with van der Waals surface area (Å²) in [5.74, 6) is 1.12. The third kappa shape index (κ3) is 7.01. The van der Waals surface area contributed by atoms with Gasteiger partial charge in [-0.05, 0) is 47.4 Å². The van der Waals surface area contributed by atoms with Gasteiger partial charge in [-0.25, -0.2) is 9.18 Å². The number of carbonyl (C=O) groups is 1. The Kier molecular flexibility index (Phi) is 6.64. The minimum absolute atomic E-state index is 0.327. The monoisotopic (exact) mass is 282 g/mol. The van der Waals surface area contributed by atoms with Gasteiger partial charge in [0.15, 0.2) is 0 Å². The summed E-state index contributed by atoms with van der Waals surface area (Å²) in [6.45, 7) is 4.36. The molecule has 0 aromatic heterocycles. The van der Waals surface area contributed by atoms with E-state index in [0.29, 0.717) is 11.5 Å². The first-order chi connectivity index (χ1) is 8.97. The van der Waals surface area contributed by atoms with Crippen LogP contribution in [-0.4, -0.2) is 16.8 Å². The lowest BCUT2D eigenvalue weighted by molar-refractivity contribution is -0.131. The fraction of sp³-hybridized carbons (Fsp3) is 0.400. The zero-order valence-electron chi connectivity index (χ0n) is 11.2. The third-order valence-electron chi connectivity index (χ3n) is 2.51. The van der Waals surface area contributed by atoms with Crippen LogP contribution >= 0.6 is 11.8 Å². The lowest BCUT2D eigenvalue weighted by Crippen LogP contribution is -1.92. The Balaban J connectivity index is 2.61. The Morgan fingerprint density at radius 1 is 1.42 bits per heavy atom. The van der Waals surface area contributed by atoms with Gasteiger partial charge in [0.25, 0.3) is 0 Å². The third-order valence-corrected chi connectivity index (χ3v) is 3.57. The van der Waals surface area contributed by atoms with Gasteiger partial charge in [0.1, 0.15) is 5.82 Å². The summed E-state index contributed by atoms with van der Waals surface area (Å²) < 4.78 is 13.4. The van der Waals surface area contributed by atoms with E-state index in [1.165, 1.54) is 18.2 Å². The van der Waals surface area contributed by atoms with E-state index in [4.69, 9.17) is 5.11 Å². The van der Waals surface area contributed by atoms with Gasteiger partial charge >= 0.3 is 5.97 Å². The molecule has 0 amide bonds. The van der Waals surface area contributed by atoms with Gasteiger partial charge in [-0.15, -0.1) is 0 Å². The summed E-state index contributed by atoms with van der Waals surface area (Å²) in [6.07, 6.45) is 3.57. The Bertz CT molecular complexity index is 455. The molecule has 19 heavy (non-hydrogen) atoms. The molecule has 104 valence electrons. The van der Waals surface area contributed by atoms with Crippen LogP contribution in [0.5, 0.6) is 0 Å². The first-order valence-electron chi connectivity index (χ1n) is 6.25. The number of benzene rings is 1. The van der Waals surface area contributed by atoms with Crippen molar-refractivity contribution in [3.8, 4) is 0 Å². The SMILES string of the molecule is CC(C)CCSCc1cc(F)cc(/C=C/C(=O)O)c1. The van der Waals surface area contributed by atoms with Crippen LogP contribution in [0.25, 0.3) is 6.08 Å². The van der Waals surface area contributed by atoms with Crippen molar-refractivity contribution >= 4 is 23.8 Å². The van der Waals surface area contributed by atoms with Crippen LogP contribution in [0.4, 0.5) is 4.39 Å². The van der Waals surface area contributed by atoms with E-state index < -0.39 is 5.97 Å². The number of halogens is 1. The zero-order valence-corrected chi connectivity index (χ0v) is 12.0. The van der Waals surface area contributed by atoms with E-state index in [-0.39, 0.29) is 5.82 Å². The zero-order chi connectivity index (χ0) is 14.3. The molecule has 0 bridgehead atoms. The average Bonchev–Trinajstić information content (AvgIpc) is 2.31.